The van der Waals surface area contributed by atoms with Gasteiger partial charge < -0.3 is 33.8 Å². The number of carbonyl (C=O) groups is 4. The third kappa shape index (κ3) is 78.2. The molecule has 0 radical (unpaired) electrons. The predicted octanol–water partition coefficient (Wildman–Crippen LogP) is 25.8. The molecule has 0 fully saturated rings. The molecular formula is C85H166O17P2. The second kappa shape index (κ2) is 76.4. The molecule has 618 valence electrons. The van der Waals surface area contributed by atoms with Gasteiger partial charge in [-0.15, -0.1) is 0 Å². The summed E-state index contributed by atoms with van der Waals surface area (Å²) in [6.07, 6.45) is 68.1. The van der Waals surface area contributed by atoms with E-state index < -0.39 is 97.5 Å². The van der Waals surface area contributed by atoms with Crippen LogP contribution in [0.25, 0.3) is 0 Å². The Labute approximate surface area is 638 Å². The highest BCUT2D eigenvalue weighted by Gasteiger charge is 2.30. The number of hydrogen-bond acceptors (Lipinski definition) is 15. The van der Waals surface area contributed by atoms with Crippen molar-refractivity contribution in [1.82, 2.24) is 0 Å². The highest BCUT2D eigenvalue weighted by molar-refractivity contribution is 7.47. The van der Waals surface area contributed by atoms with Gasteiger partial charge in [0.05, 0.1) is 26.4 Å². The van der Waals surface area contributed by atoms with Crippen molar-refractivity contribution in [3.8, 4) is 0 Å². The van der Waals surface area contributed by atoms with E-state index in [4.69, 9.17) is 37.0 Å². The SMILES string of the molecule is CCCCCCCCCCCCCCCCCCCCCC(=O)OC[C@H](COP(=O)(O)OC[C@@H](O)COP(=O)(O)OC[C@@H](COC(=O)CCCCCCCCCCCC)OC(=O)CCCCCCCCCCCCCC(C)C)OC(=O)CCCCCCCCCCCCCCCCCCCCC(C)C. The summed E-state index contributed by atoms with van der Waals surface area (Å²) in [6, 6.07) is 0. The maximum absolute atomic E-state index is 13.1. The minimum Gasteiger partial charge on any atom is -0.462 e. The first-order chi connectivity index (χ1) is 50.4. The maximum Gasteiger partial charge on any atom is 0.472 e. The molecule has 19 heteroatoms. The van der Waals surface area contributed by atoms with Crippen LogP contribution in [0.4, 0.5) is 0 Å². The third-order valence-corrected chi connectivity index (χ3v) is 21.9. The van der Waals surface area contributed by atoms with Crippen molar-refractivity contribution in [3.05, 3.63) is 0 Å². The number of esters is 4. The number of unbranched alkanes of at least 4 members (excludes halogenated alkanes) is 54. The van der Waals surface area contributed by atoms with Crippen molar-refractivity contribution in [2.75, 3.05) is 39.6 Å². The number of aliphatic hydroxyl groups is 1. The van der Waals surface area contributed by atoms with Crippen LogP contribution in [-0.4, -0.2) is 96.7 Å². The molecule has 0 amide bonds. The Kier molecular flexibility index (Phi) is 75.0. The summed E-state index contributed by atoms with van der Waals surface area (Å²) in [5.41, 5.74) is 0. The molecule has 104 heavy (non-hydrogen) atoms. The lowest BCUT2D eigenvalue weighted by Crippen LogP contribution is -2.30. The van der Waals surface area contributed by atoms with Gasteiger partial charge in [-0.05, 0) is 37.5 Å². The zero-order valence-electron chi connectivity index (χ0n) is 68.3. The van der Waals surface area contributed by atoms with Crippen molar-refractivity contribution >= 4 is 39.5 Å². The molecule has 0 heterocycles. The lowest BCUT2D eigenvalue weighted by molar-refractivity contribution is -0.161. The molecule has 0 spiro atoms. The Hall–Kier alpha value is -1.94. The van der Waals surface area contributed by atoms with E-state index in [1.807, 2.05) is 0 Å². The first-order valence-corrected chi connectivity index (χ1v) is 47.0. The number of phosphoric ester groups is 2. The summed E-state index contributed by atoms with van der Waals surface area (Å²) < 4.78 is 68.8. The quantitative estimate of drug-likeness (QED) is 0.0222. The number of carbonyl (C=O) groups excluding carboxylic acids is 4. The normalized spacial score (nSPS) is 13.8. The Morgan fingerprint density at radius 2 is 0.442 bits per heavy atom. The summed E-state index contributed by atoms with van der Waals surface area (Å²) in [5, 5.41) is 10.7. The van der Waals surface area contributed by atoms with Crippen molar-refractivity contribution in [2.24, 2.45) is 11.8 Å². The molecule has 0 aromatic heterocycles. The summed E-state index contributed by atoms with van der Waals surface area (Å²) in [6.45, 7) is 9.69. The highest BCUT2D eigenvalue weighted by Crippen LogP contribution is 2.45. The molecule has 2 unspecified atom stereocenters. The van der Waals surface area contributed by atoms with Gasteiger partial charge >= 0.3 is 39.5 Å². The molecule has 0 bridgehead atoms. The number of aliphatic hydroxyl groups excluding tert-OH is 1. The first kappa shape index (κ1) is 102. The minimum absolute atomic E-state index is 0.107. The van der Waals surface area contributed by atoms with E-state index in [9.17, 15) is 43.2 Å². The zero-order valence-corrected chi connectivity index (χ0v) is 70.1. The fourth-order valence-corrected chi connectivity index (χ4v) is 14.8. The molecule has 5 atom stereocenters. The molecule has 0 aliphatic heterocycles. The molecule has 0 rings (SSSR count). The highest BCUT2D eigenvalue weighted by atomic mass is 31.2. The van der Waals surface area contributed by atoms with E-state index in [0.29, 0.717) is 25.7 Å². The van der Waals surface area contributed by atoms with Gasteiger partial charge in [0, 0.05) is 25.7 Å². The Morgan fingerprint density at radius 3 is 0.654 bits per heavy atom. The standard InChI is InChI=1S/C85H166O17P2/c1-7-9-11-13-15-17-19-20-21-22-23-27-30-33-38-44-50-56-62-68-83(88)96-74-81(101-84(89)69-63-57-51-45-39-34-31-28-25-24-26-29-32-36-41-47-53-59-65-77(3)4)76-100-104(93,94)98-72-79(86)71-97-103(91,92)99-75-80(73-95-82(87)67-61-55-49-43-18-16-14-12-10-8-2)102-85(90)70-64-58-52-46-40-35-37-42-48-54-60-66-78(5)6/h77-81,86H,7-76H2,1-6H3,(H,91,92)(H,93,94)/t79-,80+,81+/m0/s1. The number of ether oxygens (including phenoxy) is 4. The van der Waals surface area contributed by atoms with Crippen molar-refractivity contribution in [1.29, 1.82) is 0 Å². The van der Waals surface area contributed by atoms with E-state index >= 15 is 0 Å². The Balaban J connectivity index is 5.22. The predicted molar refractivity (Wildman–Crippen MR) is 428 cm³/mol. The van der Waals surface area contributed by atoms with E-state index in [0.717, 1.165) is 102 Å². The fourth-order valence-electron chi connectivity index (χ4n) is 13.2. The van der Waals surface area contributed by atoms with Crippen LogP contribution in [0.5, 0.6) is 0 Å². The van der Waals surface area contributed by atoms with Crippen LogP contribution in [0.3, 0.4) is 0 Å². The van der Waals surface area contributed by atoms with Gasteiger partial charge in [-0.1, -0.05) is 401 Å². The van der Waals surface area contributed by atoms with Crippen LogP contribution >= 0.6 is 15.6 Å². The average molecular weight is 1520 g/mol. The van der Waals surface area contributed by atoms with Gasteiger partial charge in [0.15, 0.2) is 12.2 Å². The third-order valence-electron chi connectivity index (χ3n) is 20.0. The van der Waals surface area contributed by atoms with Crippen molar-refractivity contribution in [2.45, 2.75) is 471 Å². The molecule has 3 N–H and O–H groups in total. The second-order valence-electron chi connectivity index (χ2n) is 31.5. The molecule has 0 aliphatic rings. The number of rotatable bonds is 84. The van der Waals surface area contributed by atoms with Crippen LogP contribution in [-0.2, 0) is 65.4 Å². The summed E-state index contributed by atoms with van der Waals surface area (Å²) in [4.78, 5) is 73.1. The van der Waals surface area contributed by atoms with Crippen LogP contribution in [0.1, 0.15) is 452 Å². The van der Waals surface area contributed by atoms with Crippen LogP contribution in [0.2, 0.25) is 0 Å². The lowest BCUT2D eigenvalue weighted by atomic mass is 10.0. The van der Waals surface area contributed by atoms with E-state index in [1.54, 1.807) is 0 Å². The maximum atomic E-state index is 13.1. The van der Waals surface area contributed by atoms with Gasteiger partial charge in [-0.3, -0.25) is 37.3 Å². The van der Waals surface area contributed by atoms with E-state index in [2.05, 4.69) is 41.5 Å². The van der Waals surface area contributed by atoms with Gasteiger partial charge in [0.2, 0.25) is 0 Å². The molecule has 0 aromatic rings. The zero-order chi connectivity index (χ0) is 76.4. The Morgan fingerprint density at radius 1 is 0.260 bits per heavy atom. The molecular weight excluding hydrogens is 1350 g/mol. The molecule has 17 nitrogen and oxygen atoms in total. The number of phosphoric acid groups is 2. The van der Waals surface area contributed by atoms with Crippen molar-refractivity contribution in [3.63, 3.8) is 0 Å². The van der Waals surface area contributed by atoms with Gasteiger partial charge in [0.1, 0.15) is 19.3 Å². The van der Waals surface area contributed by atoms with E-state index in [1.165, 1.54) is 270 Å². The average Bonchev–Trinajstić information content (AvgIpc) is 0.904. The molecule has 0 saturated heterocycles. The van der Waals surface area contributed by atoms with Gasteiger partial charge in [0.25, 0.3) is 0 Å². The molecule has 0 aromatic carbocycles. The first-order valence-electron chi connectivity index (χ1n) is 44.0. The molecule has 0 saturated carbocycles. The fraction of sp³-hybridized carbons (Fsp3) is 0.953. The Bertz CT molecular complexity index is 1990. The monoisotopic (exact) mass is 1520 g/mol. The van der Waals surface area contributed by atoms with Crippen LogP contribution in [0, 0.1) is 11.8 Å². The second-order valence-corrected chi connectivity index (χ2v) is 34.4. The summed E-state index contributed by atoms with van der Waals surface area (Å²) >= 11 is 0. The van der Waals surface area contributed by atoms with Gasteiger partial charge in [-0.25, -0.2) is 9.13 Å². The lowest BCUT2D eigenvalue weighted by Gasteiger charge is -2.21. The largest absolute Gasteiger partial charge is 0.472 e. The van der Waals surface area contributed by atoms with Gasteiger partial charge in [-0.2, -0.15) is 0 Å². The topological polar surface area (TPSA) is 237 Å². The number of hydrogen-bond donors (Lipinski definition) is 3. The van der Waals surface area contributed by atoms with E-state index in [-0.39, 0.29) is 25.7 Å². The minimum atomic E-state index is -4.96. The van der Waals surface area contributed by atoms with Crippen LogP contribution in [0.15, 0.2) is 0 Å². The molecule has 0 aliphatic carbocycles. The van der Waals surface area contributed by atoms with Crippen molar-refractivity contribution < 1.29 is 80.2 Å². The van der Waals surface area contributed by atoms with Crippen LogP contribution < -0.4 is 0 Å². The summed E-state index contributed by atoms with van der Waals surface area (Å²) in [5.74, 6) is -0.518. The smallest absolute Gasteiger partial charge is 0.462 e. The summed E-state index contributed by atoms with van der Waals surface area (Å²) in [7, 11) is -9.92.